The zero-order valence-corrected chi connectivity index (χ0v) is 13.2. The molecule has 0 fully saturated rings. The number of thiazole rings is 1. The Hall–Kier alpha value is -0.870. The van der Waals surface area contributed by atoms with Crippen LogP contribution in [0, 0.1) is 6.92 Å². The number of nitrogens with two attached hydrogens (primary N) is 1. The summed E-state index contributed by atoms with van der Waals surface area (Å²) in [6, 6.07) is 3.10. The molecule has 2 heterocycles. The highest BCUT2D eigenvalue weighted by atomic mass is 32.2. The topological polar surface area (TPSA) is 85.1 Å². The zero-order chi connectivity index (χ0) is 14.0. The van der Waals surface area contributed by atoms with Crippen molar-refractivity contribution in [2.24, 2.45) is 5.73 Å². The average molecular weight is 333 g/mol. The first kappa shape index (κ1) is 14.5. The Morgan fingerprint density at radius 2 is 2.26 bits per heavy atom. The van der Waals surface area contributed by atoms with Crippen LogP contribution in [-0.2, 0) is 16.6 Å². The highest BCUT2D eigenvalue weighted by Crippen LogP contribution is 2.21. The monoisotopic (exact) mass is 333 g/mol. The second-order valence-corrected chi connectivity index (χ2v) is 8.24. The molecule has 0 aliphatic rings. The number of nitrogens with zero attached hydrogens (tertiary/aromatic N) is 1. The van der Waals surface area contributed by atoms with E-state index in [4.69, 9.17) is 18.0 Å². The molecule has 0 aromatic carbocycles. The van der Waals surface area contributed by atoms with Gasteiger partial charge in [0.05, 0.1) is 22.1 Å². The van der Waals surface area contributed by atoms with E-state index in [1.54, 1.807) is 6.07 Å². The van der Waals surface area contributed by atoms with E-state index in [0.29, 0.717) is 10.6 Å². The van der Waals surface area contributed by atoms with Gasteiger partial charge in [-0.15, -0.1) is 22.7 Å². The van der Waals surface area contributed by atoms with Crippen molar-refractivity contribution in [2.45, 2.75) is 17.7 Å². The normalized spacial score (nSPS) is 11.6. The molecule has 0 bridgehead atoms. The molecule has 0 unspecified atom stereocenters. The number of hydrogen-bond acceptors (Lipinski definition) is 6. The van der Waals surface area contributed by atoms with Crippen molar-refractivity contribution >= 4 is 49.9 Å². The van der Waals surface area contributed by atoms with Gasteiger partial charge in [0.25, 0.3) is 0 Å². The SMILES string of the molecule is Cc1nc(CNS(=O)(=O)c2ccc(C(N)=S)s2)cs1. The largest absolute Gasteiger partial charge is 0.389 e. The molecular weight excluding hydrogens is 322 g/mol. The number of hydrogen-bond donors (Lipinski definition) is 2. The van der Waals surface area contributed by atoms with Gasteiger partial charge in [0.1, 0.15) is 9.20 Å². The van der Waals surface area contributed by atoms with Crippen LogP contribution in [0.25, 0.3) is 0 Å². The van der Waals surface area contributed by atoms with Crippen molar-refractivity contribution in [3.05, 3.63) is 33.1 Å². The van der Waals surface area contributed by atoms with Gasteiger partial charge in [-0.1, -0.05) is 12.2 Å². The van der Waals surface area contributed by atoms with Gasteiger partial charge < -0.3 is 5.73 Å². The quantitative estimate of drug-likeness (QED) is 0.812. The summed E-state index contributed by atoms with van der Waals surface area (Å²) in [5.41, 5.74) is 6.16. The molecular formula is C10H11N3O2S4. The minimum atomic E-state index is -3.54. The summed E-state index contributed by atoms with van der Waals surface area (Å²) in [6.07, 6.45) is 0. The Morgan fingerprint density at radius 3 is 2.79 bits per heavy atom. The molecule has 19 heavy (non-hydrogen) atoms. The summed E-state index contributed by atoms with van der Waals surface area (Å²) in [4.78, 5) is 4.97. The van der Waals surface area contributed by atoms with Gasteiger partial charge >= 0.3 is 0 Å². The number of aromatic nitrogens is 1. The first-order valence-electron chi connectivity index (χ1n) is 5.19. The second-order valence-electron chi connectivity index (χ2n) is 3.67. The number of sulfonamides is 1. The Labute approximate surface area is 124 Å². The first-order valence-corrected chi connectivity index (χ1v) is 8.77. The minimum absolute atomic E-state index is 0.174. The fourth-order valence-electron chi connectivity index (χ4n) is 1.33. The van der Waals surface area contributed by atoms with Gasteiger partial charge in [-0.25, -0.2) is 18.1 Å². The fourth-order valence-corrected chi connectivity index (χ4v) is 4.33. The molecule has 2 aromatic heterocycles. The Bertz CT molecular complexity index is 702. The third-order valence-corrected chi connectivity index (χ3v) is 6.38. The Kier molecular flexibility index (Phi) is 4.31. The van der Waals surface area contributed by atoms with E-state index in [0.717, 1.165) is 16.3 Å². The van der Waals surface area contributed by atoms with Gasteiger partial charge in [0.15, 0.2) is 0 Å². The molecule has 0 saturated carbocycles. The number of thiocarbonyl (C=S) groups is 1. The maximum Gasteiger partial charge on any atom is 0.250 e. The van der Waals surface area contributed by atoms with E-state index >= 15 is 0 Å². The highest BCUT2D eigenvalue weighted by molar-refractivity contribution is 7.91. The molecule has 2 aromatic rings. The standard InChI is InChI=1S/C10H11N3O2S4/c1-6-13-7(5-17-6)4-12-19(14,15)9-3-2-8(18-9)10(11)16/h2-3,5,12H,4H2,1H3,(H2,11,16). The minimum Gasteiger partial charge on any atom is -0.389 e. The van der Waals surface area contributed by atoms with Crippen LogP contribution in [0.2, 0.25) is 0 Å². The van der Waals surface area contributed by atoms with Crippen LogP contribution in [0.4, 0.5) is 0 Å². The van der Waals surface area contributed by atoms with Crippen LogP contribution in [0.3, 0.4) is 0 Å². The van der Waals surface area contributed by atoms with E-state index in [1.165, 1.54) is 17.4 Å². The summed E-state index contributed by atoms with van der Waals surface area (Å²) in [5, 5.41) is 2.73. The lowest BCUT2D eigenvalue weighted by Gasteiger charge is -2.02. The van der Waals surface area contributed by atoms with Crippen LogP contribution in [-0.4, -0.2) is 18.4 Å². The van der Waals surface area contributed by atoms with Crippen LogP contribution >= 0.6 is 34.9 Å². The highest BCUT2D eigenvalue weighted by Gasteiger charge is 2.17. The van der Waals surface area contributed by atoms with Gasteiger partial charge in [0, 0.05) is 5.38 Å². The van der Waals surface area contributed by atoms with E-state index in [1.807, 2.05) is 12.3 Å². The van der Waals surface area contributed by atoms with Crippen molar-refractivity contribution in [2.75, 3.05) is 0 Å². The number of thiophene rings is 1. The molecule has 3 N–H and O–H groups in total. The third-order valence-electron chi connectivity index (χ3n) is 2.20. The summed E-state index contributed by atoms with van der Waals surface area (Å²) < 4.78 is 26.8. The maximum atomic E-state index is 12.0. The summed E-state index contributed by atoms with van der Waals surface area (Å²) in [5.74, 6) is 0. The smallest absolute Gasteiger partial charge is 0.250 e. The molecule has 0 aliphatic carbocycles. The lowest BCUT2D eigenvalue weighted by molar-refractivity contribution is 0.582. The van der Waals surface area contributed by atoms with Gasteiger partial charge in [-0.3, -0.25) is 0 Å². The maximum absolute atomic E-state index is 12.0. The molecule has 0 spiro atoms. The second kappa shape index (κ2) is 5.63. The average Bonchev–Trinajstić information content (AvgIpc) is 2.95. The number of nitrogens with one attached hydrogen (secondary N) is 1. The van der Waals surface area contributed by atoms with E-state index in [-0.39, 0.29) is 15.7 Å². The molecule has 0 atom stereocenters. The third kappa shape index (κ3) is 3.57. The molecule has 5 nitrogen and oxygen atoms in total. The van der Waals surface area contributed by atoms with Crippen LogP contribution < -0.4 is 10.5 Å². The van der Waals surface area contributed by atoms with Gasteiger partial charge in [-0.05, 0) is 19.1 Å². The summed E-state index contributed by atoms with van der Waals surface area (Å²) in [6.45, 7) is 2.05. The van der Waals surface area contributed by atoms with Crippen molar-refractivity contribution < 1.29 is 8.42 Å². The van der Waals surface area contributed by atoms with Gasteiger partial charge in [-0.2, -0.15) is 0 Å². The molecule has 102 valence electrons. The predicted octanol–water partition coefficient (Wildman–Crippen LogP) is 1.63. The van der Waals surface area contributed by atoms with Gasteiger partial charge in [0.2, 0.25) is 10.0 Å². The number of aryl methyl sites for hydroxylation is 1. The lowest BCUT2D eigenvalue weighted by atomic mass is 10.5. The van der Waals surface area contributed by atoms with Crippen LogP contribution in [0.15, 0.2) is 21.7 Å². The summed E-state index contributed by atoms with van der Waals surface area (Å²) >= 11 is 7.34. The predicted molar refractivity (Wildman–Crippen MR) is 81.1 cm³/mol. The van der Waals surface area contributed by atoms with Crippen LogP contribution in [0.5, 0.6) is 0 Å². The molecule has 0 radical (unpaired) electrons. The molecule has 9 heteroatoms. The fraction of sp³-hybridized carbons (Fsp3) is 0.200. The first-order chi connectivity index (χ1) is 8.88. The van der Waals surface area contributed by atoms with Crippen molar-refractivity contribution in [1.82, 2.24) is 9.71 Å². The number of rotatable bonds is 5. The molecule has 2 rings (SSSR count). The van der Waals surface area contributed by atoms with E-state index < -0.39 is 10.0 Å². The lowest BCUT2D eigenvalue weighted by Crippen LogP contribution is -2.22. The molecule has 0 saturated heterocycles. The van der Waals surface area contributed by atoms with Crippen molar-refractivity contribution in [3.8, 4) is 0 Å². The van der Waals surface area contributed by atoms with E-state index in [9.17, 15) is 8.42 Å². The van der Waals surface area contributed by atoms with Crippen molar-refractivity contribution in [3.63, 3.8) is 0 Å². The molecule has 0 aliphatic heterocycles. The Balaban J connectivity index is 2.11. The Morgan fingerprint density at radius 1 is 1.53 bits per heavy atom. The zero-order valence-electron chi connectivity index (χ0n) is 9.91. The molecule has 0 amide bonds. The summed E-state index contributed by atoms with van der Waals surface area (Å²) in [7, 11) is -3.54. The van der Waals surface area contributed by atoms with Crippen molar-refractivity contribution in [1.29, 1.82) is 0 Å². The van der Waals surface area contributed by atoms with Crippen LogP contribution in [0.1, 0.15) is 15.6 Å². The van der Waals surface area contributed by atoms with E-state index in [2.05, 4.69) is 9.71 Å².